The molecule has 0 aliphatic carbocycles. The molecule has 0 saturated carbocycles. The van der Waals surface area contributed by atoms with Gasteiger partial charge in [-0.25, -0.2) is 4.79 Å². The Balaban J connectivity index is 2.49. The Bertz CT molecular complexity index is 149. The summed E-state index contributed by atoms with van der Waals surface area (Å²) in [7, 11) is 1.61. The van der Waals surface area contributed by atoms with E-state index in [0.717, 1.165) is 19.4 Å². The number of carbonyl (C=O) groups excluding carboxylic acids is 1. The third-order valence-corrected chi connectivity index (χ3v) is 2.06. The number of aliphatic hydroxyl groups excluding tert-OH is 1. The van der Waals surface area contributed by atoms with Crippen molar-refractivity contribution in [3.8, 4) is 0 Å². The minimum absolute atomic E-state index is 0.0370. The zero-order valence-electron chi connectivity index (χ0n) is 6.71. The third kappa shape index (κ3) is 1.63. The number of nitrogens with zero attached hydrogens (tertiary/aromatic N) is 1. The van der Waals surface area contributed by atoms with E-state index in [1.165, 1.54) is 0 Å². The molecule has 0 aromatic heterocycles. The molecular formula is C7H14N2O2. The molecule has 1 aliphatic rings. The maximum absolute atomic E-state index is 11.1. The first-order chi connectivity index (χ1) is 5.29. The molecule has 1 fully saturated rings. The number of rotatable bonds is 1. The summed E-state index contributed by atoms with van der Waals surface area (Å²) in [6.07, 6.45) is 1.92. The van der Waals surface area contributed by atoms with E-state index < -0.39 is 0 Å². The van der Waals surface area contributed by atoms with Gasteiger partial charge in [-0.3, -0.25) is 0 Å². The number of nitrogens with one attached hydrogen (secondary N) is 1. The van der Waals surface area contributed by atoms with Crippen molar-refractivity contribution in [2.24, 2.45) is 0 Å². The van der Waals surface area contributed by atoms with Crippen molar-refractivity contribution in [1.82, 2.24) is 10.2 Å². The fourth-order valence-electron chi connectivity index (χ4n) is 1.44. The van der Waals surface area contributed by atoms with Crippen LogP contribution in [0.5, 0.6) is 0 Å². The fraction of sp³-hybridized carbons (Fsp3) is 0.857. The van der Waals surface area contributed by atoms with Crippen molar-refractivity contribution in [3.63, 3.8) is 0 Å². The predicted octanol–water partition coefficient (Wildman–Crippen LogP) is -0.217. The molecule has 1 atom stereocenters. The van der Waals surface area contributed by atoms with Crippen molar-refractivity contribution in [1.29, 1.82) is 0 Å². The first-order valence-corrected chi connectivity index (χ1v) is 3.88. The monoisotopic (exact) mass is 158 g/mol. The second-order valence-corrected chi connectivity index (χ2v) is 2.73. The van der Waals surface area contributed by atoms with Crippen molar-refractivity contribution >= 4 is 6.03 Å². The van der Waals surface area contributed by atoms with Crippen LogP contribution in [-0.2, 0) is 0 Å². The zero-order valence-corrected chi connectivity index (χ0v) is 6.71. The molecule has 1 heterocycles. The number of urea groups is 1. The molecule has 11 heavy (non-hydrogen) atoms. The van der Waals surface area contributed by atoms with Crippen LogP contribution in [0.4, 0.5) is 4.79 Å². The van der Waals surface area contributed by atoms with Crippen LogP contribution >= 0.6 is 0 Å². The lowest BCUT2D eigenvalue weighted by Gasteiger charge is -2.21. The van der Waals surface area contributed by atoms with Crippen molar-refractivity contribution in [2.75, 3.05) is 20.2 Å². The summed E-state index contributed by atoms with van der Waals surface area (Å²) in [5.41, 5.74) is 0. The van der Waals surface area contributed by atoms with E-state index in [4.69, 9.17) is 5.11 Å². The van der Waals surface area contributed by atoms with Crippen molar-refractivity contribution < 1.29 is 9.90 Å². The van der Waals surface area contributed by atoms with Crippen LogP contribution in [0.3, 0.4) is 0 Å². The van der Waals surface area contributed by atoms with Gasteiger partial charge in [0.25, 0.3) is 0 Å². The van der Waals surface area contributed by atoms with E-state index in [2.05, 4.69) is 5.32 Å². The van der Waals surface area contributed by atoms with E-state index in [-0.39, 0.29) is 18.7 Å². The second kappa shape index (κ2) is 3.57. The number of hydrogen-bond donors (Lipinski definition) is 2. The molecule has 1 aliphatic heterocycles. The Labute approximate surface area is 66.2 Å². The Morgan fingerprint density at radius 1 is 1.82 bits per heavy atom. The van der Waals surface area contributed by atoms with Gasteiger partial charge in [-0.2, -0.15) is 0 Å². The van der Waals surface area contributed by atoms with Crippen molar-refractivity contribution in [2.45, 2.75) is 18.9 Å². The highest BCUT2D eigenvalue weighted by Crippen LogP contribution is 2.15. The van der Waals surface area contributed by atoms with Crippen LogP contribution in [-0.4, -0.2) is 42.3 Å². The molecule has 4 heteroatoms. The molecule has 0 aromatic carbocycles. The van der Waals surface area contributed by atoms with E-state index in [1.807, 2.05) is 0 Å². The molecular weight excluding hydrogens is 144 g/mol. The van der Waals surface area contributed by atoms with Crippen LogP contribution < -0.4 is 5.32 Å². The largest absolute Gasteiger partial charge is 0.394 e. The van der Waals surface area contributed by atoms with Crippen LogP contribution in [0.25, 0.3) is 0 Å². The van der Waals surface area contributed by atoms with Crippen LogP contribution in [0, 0.1) is 0 Å². The highest BCUT2D eigenvalue weighted by Gasteiger charge is 2.26. The molecule has 0 spiro atoms. The maximum atomic E-state index is 11.1. The van der Waals surface area contributed by atoms with Gasteiger partial charge in [-0.1, -0.05) is 0 Å². The number of aliphatic hydroxyl groups is 1. The topological polar surface area (TPSA) is 52.6 Å². The molecule has 1 saturated heterocycles. The first kappa shape index (κ1) is 8.33. The molecule has 2 N–H and O–H groups in total. The summed E-state index contributed by atoms with van der Waals surface area (Å²) in [6, 6.07) is -0.0449. The average molecular weight is 158 g/mol. The molecule has 64 valence electrons. The van der Waals surface area contributed by atoms with Gasteiger partial charge in [0.15, 0.2) is 0 Å². The Morgan fingerprint density at radius 3 is 3.09 bits per heavy atom. The third-order valence-electron chi connectivity index (χ3n) is 2.06. The van der Waals surface area contributed by atoms with E-state index in [9.17, 15) is 4.79 Å². The molecule has 0 aromatic rings. The number of likely N-dealkylation sites (tertiary alicyclic amines) is 1. The van der Waals surface area contributed by atoms with Gasteiger partial charge in [-0.15, -0.1) is 0 Å². The maximum Gasteiger partial charge on any atom is 0.317 e. The summed E-state index contributed by atoms with van der Waals surface area (Å²) < 4.78 is 0. The summed E-state index contributed by atoms with van der Waals surface area (Å²) in [5, 5.41) is 11.4. The summed E-state index contributed by atoms with van der Waals surface area (Å²) >= 11 is 0. The van der Waals surface area contributed by atoms with Gasteiger partial charge in [-0.05, 0) is 12.8 Å². The van der Waals surface area contributed by atoms with Crippen LogP contribution in [0.15, 0.2) is 0 Å². The fourth-order valence-corrected chi connectivity index (χ4v) is 1.44. The first-order valence-electron chi connectivity index (χ1n) is 3.88. The molecule has 1 rings (SSSR count). The van der Waals surface area contributed by atoms with Gasteiger partial charge in [0, 0.05) is 13.6 Å². The molecule has 4 nitrogen and oxygen atoms in total. The van der Waals surface area contributed by atoms with E-state index in [0.29, 0.717) is 0 Å². The molecule has 2 amide bonds. The van der Waals surface area contributed by atoms with E-state index in [1.54, 1.807) is 11.9 Å². The quantitative estimate of drug-likeness (QED) is 0.554. The highest BCUT2D eigenvalue weighted by atomic mass is 16.3. The summed E-state index contributed by atoms with van der Waals surface area (Å²) in [4.78, 5) is 12.8. The van der Waals surface area contributed by atoms with Crippen molar-refractivity contribution in [3.05, 3.63) is 0 Å². The Morgan fingerprint density at radius 2 is 2.55 bits per heavy atom. The normalized spacial score (nSPS) is 23.8. The second-order valence-electron chi connectivity index (χ2n) is 2.73. The smallest absolute Gasteiger partial charge is 0.317 e. The minimum atomic E-state index is -0.0819. The number of amides is 2. The minimum Gasteiger partial charge on any atom is -0.394 e. The van der Waals surface area contributed by atoms with Crippen LogP contribution in [0.2, 0.25) is 0 Å². The predicted molar refractivity (Wildman–Crippen MR) is 41.3 cm³/mol. The summed E-state index contributed by atoms with van der Waals surface area (Å²) in [6.45, 7) is 0.846. The lowest BCUT2D eigenvalue weighted by Crippen LogP contribution is -2.42. The standard InChI is InChI=1S/C7H14N2O2/c1-8-7(11)9-4-2-3-6(9)5-10/h6,10H,2-5H2,1H3,(H,8,11)/t6-/m0/s1. The highest BCUT2D eigenvalue weighted by molar-refractivity contribution is 5.74. The Kier molecular flexibility index (Phi) is 2.70. The number of hydrogen-bond acceptors (Lipinski definition) is 2. The van der Waals surface area contributed by atoms with Gasteiger partial charge >= 0.3 is 6.03 Å². The van der Waals surface area contributed by atoms with E-state index >= 15 is 0 Å². The van der Waals surface area contributed by atoms with Gasteiger partial charge in [0.1, 0.15) is 0 Å². The molecule has 0 unspecified atom stereocenters. The lowest BCUT2D eigenvalue weighted by molar-refractivity contribution is 0.158. The average Bonchev–Trinajstić information content (AvgIpc) is 2.50. The molecule has 0 radical (unpaired) electrons. The van der Waals surface area contributed by atoms with Gasteiger partial charge in [0.2, 0.25) is 0 Å². The lowest BCUT2D eigenvalue weighted by atomic mass is 10.2. The van der Waals surface area contributed by atoms with Gasteiger partial charge in [0.05, 0.1) is 12.6 Å². The molecule has 0 bridgehead atoms. The van der Waals surface area contributed by atoms with Crippen LogP contribution in [0.1, 0.15) is 12.8 Å². The van der Waals surface area contributed by atoms with Gasteiger partial charge < -0.3 is 15.3 Å². The zero-order chi connectivity index (χ0) is 8.27. The number of carbonyl (C=O) groups is 1. The Hall–Kier alpha value is -0.770. The SMILES string of the molecule is CNC(=O)N1CCC[C@H]1CO. The summed E-state index contributed by atoms with van der Waals surface area (Å²) in [5.74, 6) is 0.